The summed E-state index contributed by atoms with van der Waals surface area (Å²) in [4.78, 5) is 36.7. The SMILES string of the molecule is CN1CCN(C(=O)c2csc(COc3ccc4c(c3)C(c3cccc(F)c3)N(C(=O)C(C)(C)C)CC4)n2)CC1. The van der Waals surface area contributed by atoms with E-state index in [4.69, 9.17) is 4.74 Å². The summed E-state index contributed by atoms with van der Waals surface area (Å²) in [6.45, 7) is 9.64. The first kappa shape index (κ1) is 27.3. The maximum absolute atomic E-state index is 14.3. The first-order chi connectivity index (χ1) is 18.6. The minimum Gasteiger partial charge on any atom is -0.486 e. The van der Waals surface area contributed by atoms with Crippen molar-refractivity contribution in [2.24, 2.45) is 5.41 Å². The van der Waals surface area contributed by atoms with Crippen molar-refractivity contribution < 1.29 is 18.7 Å². The number of benzene rings is 2. The summed E-state index contributed by atoms with van der Waals surface area (Å²) in [5, 5.41) is 2.51. The van der Waals surface area contributed by atoms with Crippen LogP contribution in [0.15, 0.2) is 47.8 Å². The second-order valence-corrected chi connectivity index (χ2v) is 12.3. The molecule has 7 nitrogen and oxygen atoms in total. The van der Waals surface area contributed by atoms with Crippen LogP contribution in [-0.4, -0.2) is 71.3 Å². The summed E-state index contributed by atoms with van der Waals surface area (Å²) in [7, 11) is 2.06. The standard InChI is InChI=1S/C30H35FN4O3S/c1-30(2,3)29(37)35-11-10-20-8-9-23(17-24(20)27(35)21-6-5-7-22(31)16-21)38-18-26-32-25(19-39-26)28(36)34-14-12-33(4)13-15-34/h5-9,16-17,19,27H,10-15,18H2,1-4H3. The quantitative estimate of drug-likeness (QED) is 0.458. The van der Waals surface area contributed by atoms with Gasteiger partial charge in [-0.25, -0.2) is 9.37 Å². The summed E-state index contributed by atoms with van der Waals surface area (Å²) in [5.74, 6) is 0.290. The normalized spacial score (nSPS) is 18.1. The molecule has 1 atom stereocenters. The predicted octanol–water partition coefficient (Wildman–Crippen LogP) is 4.77. The number of aromatic nitrogens is 1. The Kier molecular flexibility index (Phi) is 7.73. The number of thiazole rings is 1. The van der Waals surface area contributed by atoms with Crippen LogP contribution in [0.3, 0.4) is 0 Å². The molecule has 0 spiro atoms. The molecule has 206 valence electrons. The lowest BCUT2D eigenvalue weighted by Crippen LogP contribution is -2.47. The van der Waals surface area contributed by atoms with Crippen LogP contribution < -0.4 is 4.74 Å². The highest BCUT2D eigenvalue weighted by atomic mass is 32.1. The maximum atomic E-state index is 14.3. The molecule has 1 saturated heterocycles. The van der Waals surface area contributed by atoms with E-state index in [2.05, 4.69) is 16.9 Å². The van der Waals surface area contributed by atoms with Gasteiger partial charge in [-0.3, -0.25) is 9.59 Å². The van der Waals surface area contributed by atoms with Gasteiger partial charge in [0.2, 0.25) is 5.91 Å². The molecule has 2 amide bonds. The van der Waals surface area contributed by atoms with Crippen molar-refractivity contribution in [3.05, 3.63) is 81.1 Å². The van der Waals surface area contributed by atoms with Gasteiger partial charge in [0, 0.05) is 43.5 Å². The molecule has 39 heavy (non-hydrogen) atoms. The highest BCUT2D eigenvalue weighted by Gasteiger charge is 2.37. The molecule has 1 aromatic heterocycles. The van der Waals surface area contributed by atoms with Crippen LogP contribution >= 0.6 is 11.3 Å². The molecule has 9 heteroatoms. The number of rotatable bonds is 5. The van der Waals surface area contributed by atoms with Gasteiger partial charge < -0.3 is 19.4 Å². The lowest BCUT2D eigenvalue weighted by atomic mass is 9.85. The molecule has 2 aromatic carbocycles. The zero-order chi connectivity index (χ0) is 27.7. The van der Waals surface area contributed by atoms with Crippen LogP contribution in [0.2, 0.25) is 0 Å². The lowest BCUT2D eigenvalue weighted by molar-refractivity contribution is -0.141. The lowest BCUT2D eigenvalue weighted by Gasteiger charge is -2.41. The highest BCUT2D eigenvalue weighted by Crippen LogP contribution is 2.39. The van der Waals surface area contributed by atoms with Crippen molar-refractivity contribution in [2.75, 3.05) is 39.8 Å². The second-order valence-electron chi connectivity index (χ2n) is 11.3. The van der Waals surface area contributed by atoms with E-state index in [0.29, 0.717) is 37.5 Å². The number of amides is 2. The minimum atomic E-state index is -0.568. The highest BCUT2D eigenvalue weighted by molar-refractivity contribution is 7.09. The average Bonchev–Trinajstić information content (AvgIpc) is 3.39. The van der Waals surface area contributed by atoms with E-state index in [9.17, 15) is 14.0 Å². The number of ether oxygens (including phenoxy) is 1. The van der Waals surface area contributed by atoms with Crippen LogP contribution in [-0.2, 0) is 17.8 Å². The Hall–Kier alpha value is -3.30. The van der Waals surface area contributed by atoms with E-state index in [-0.39, 0.29) is 24.2 Å². The van der Waals surface area contributed by atoms with Crippen LogP contribution in [0.4, 0.5) is 4.39 Å². The van der Waals surface area contributed by atoms with Gasteiger partial charge in [-0.1, -0.05) is 39.0 Å². The van der Waals surface area contributed by atoms with Crippen LogP contribution in [0.1, 0.15) is 59.0 Å². The third-order valence-corrected chi connectivity index (χ3v) is 8.16. The fourth-order valence-corrected chi connectivity index (χ4v) is 5.84. The van der Waals surface area contributed by atoms with Gasteiger partial charge >= 0.3 is 0 Å². The van der Waals surface area contributed by atoms with Crippen molar-refractivity contribution in [2.45, 2.75) is 39.8 Å². The zero-order valence-electron chi connectivity index (χ0n) is 22.9. The Morgan fingerprint density at radius 3 is 2.56 bits per heavy atom. The number of fused-ring (bicyclic) bond motifs is 1. The molecule has 1 unspecified atom stereocenters. The molecular formula is C30H35FN4O3S. The molecule has 5 rings (SSSR count). The first-order valence-corrected chi connectivity index (χ1v) is 14.2. The summed E-state index contributed by atoms with van der Waals surface area (Å²) >= 11 is 1.41. The van der Waals surface area contributed by atoms with Gasteiger partial charge in [0.1, 0.15) is 28.9 Å². The van der Waals surface area contributed by atoms with Gasteiger partial charge in [-0.15, -0.1) is 11.3 Å². The molecule has 0 N–H and O–H groups in total. The van der Waals surface area contributed by atoms with E-state index in [1.54, 1.807) is 11.4 Å². The average molecular weight is 551 g/mol. The number of likely N-dealkylation sites (N-methyl/N-ethyl adjacent to an activating group) is 1. The molecule has 2 aliphatic heterocycles. The molecule has 2 aliphatic rings. The molecular weight excluding hydrogens is 515 g/mol. The summed E-state index contributed by atoms with van der Waals surface area (Å²) in [6.07, 6.45) is 0.716. The van der Waals surface area contributed by atoms with Gasteiger partial charge in [0.25, 0.3) is 5.91 Å². The summed E-state index contributed by atoms with van der Waals surface area (Å²) in [5.41, 5.74) is 2.67. The van der Waals surface area contributed by atoms with Gasteiger partial charge in [-0.05, 0) is 54.4 Å². The molecule has 0 bridgehead atoms. The minimum absolute atomic E-state index is 0.0223. The third-order valence-electron chi connectivity index (χ3n) is 7.34. The number of nitrogens with zero attached hydrogens (tertiary/aromatic N) is 4. The van der Waals surface area contributed by atoms with Crippen molar-refractivity contribution in [3.63, 3.8) is 0 Å². The van der Waals surface area contributed by atoms with Gasteiger partial charge in [0.05, 0.1) is 6.04 Å². The molecule has 1 fully saturated rings. The number of carbonyl (C=O) groups excluding carboxylic acids is 2. The van der Waals surface area contributed by atoms with Crippen LogP contribution in [0, 0.1) is 11.2 Å². The van der Waals surface area contributed by atoms with Crippen LogP contribution in [0.5, 0.6) is 5.75 Å². The monoisotopic (exact) mass is 550 g/mol. The Balaban J connectivity index is 1.36. The number of hydrogen-bond acceptors (Lipinski definition) is 6. The molecule has 0 saturated carbocycles. The topological polar surface area (TPSA) is 66.0 Å². The molecule has 3 heterocycles. The maximum Gasteiger partial charge on any atom is 0.273 e. The molecule has 0 radical (unpaired) electrons. The van der Waals surface area contributed by atoms with Gasteiger partial charge in [0.15, 0.2) is 0 Å². The van der Waals surface area contributed by atoms with E-state index in [1.165, 1.54) is 23.5 Å². The summed E-state index contributed by atoms with van der Waals surface area (Å²) in [6, 6.07) is 12.0. The van der Waals surface area contributed by atoms with Gasteiger partial charge in [-0.2, -0.15) is 0 Å². The smallest absolute Gasteiger partial charge is 0.273 e. The Labute approximate surface area is 233 Å². The van der Waals surface area contributed by atoms with E-state index < -0.39 is 11.5 Å². The number of carbonyl (C=O) groups is 2. The second kappa shape index (κ2) is 11.1. The largest absolute Gasteiger partial charge is 0.486 e. The number of hydrogen-bond donors (Lipinski definition) is 0. The van der Waals surface area contributed by atoms with Crippen molar-refractivity contribution in [1.29, 1.82) is 0 Å². The van der Waals surface area contributed by atoms with E-state index in [0.717, 1.165) is 34.8 Å². The van der Waals surface area contributed by atoms with E-state index in [1.807, 2.05) is 54.8 Å². The molecule has 0 aliphatic carbocycles. The molecule has 3 aromatic rings. The Bertz CT molecular complexity index is 1360. The predicted molar refractivity (Wildman–Crippen MR) is 149 cm³/mol. The van der Waals surface area contributed by atoms with Crippen molar-refractivity contribution in [3.8, 4) is 5.75 Å². The first-order valence-electron chi connectivity index (χ1n) is 13.3. The van der Waals surface area contributed by atoms with E-state index >= 15 is 0 Å². The van der Waals surface area contributed by atoms with Crippen LogP contribution in [0.25, 0.3) is 0 Å². The van der Waals surface area contributed by atoms with Crippen molar-refractivity contribution in [1.82, 2.24) is 19.7 Å². The fourth-order valence-electron chi connectivity index (χ4n) is 5.16. The zero-order valence-corrected chi connectivity index (χ0v) is 23.8. The fraction of sp³-hybridized carbons (Fsp3) is 0.433. The number of halogens is 1. The Morgan fingerprint density at radius 2 is 1.85 bits per heavy atom. The number of piperazine rings is 1. The van der Waals surface area contributed by atoms with Crippen molar-refractivity contribution >= 4 is 23.2 Å². The third kappa shape index (κ3) is 5.99. The summed E-state index contributed by atoms with van der Waals surface area (Å²) < 4.78 is 20.4. The Morgan fingerprint density at radius 1 is 1.08 bits per heavy atom.